The van der Waals surface area contributed by atoms with Crippen LogP contribution in [0, 0.1) is 18.3 Å². The van der Waals surface area contributed by atoms with E-state index in [-0.39, 0.29) is 12.3 Å². The second-order valence-corrected chi connectivity index (χ2v) is 4.86. The summed E-state index contributed by atoms with van der Waals surface area (Å²) in [6, 6.07) is 14.5. The molecule has 2 aromatic carbocycles. The van der Waals surface area contributed by atoms with Crippen molar-refractivity contribution < 1.29 is 4.79 Å². The smallest absolute Gasteiger partial charge is 0.228 e. The van der Waals surface area contributed by atoms with E-state index in [4.69, 9.17) is 16.9 Å². The third-order valence-electron chi connectivity index (χ3n) is 2.96. The quantitative estimate of drug-likeness (QED) is 0.934. The van der Waals surface area contributed by atoms with Crippen LogP contribution in [-0.4, -0.2) is 5.91 Å². The van der Waals surface area contributed by atoms with E-state index in [1.165, 1.54) is 0 Å². The molecule has 100 valence electrons. The number of carbonyl (C=O) groups excluding carboxylic acids is 1. The highest BCUT2D eigenvalue weighted by Crippen LogP contribution is 2.23. The highest BCUT2D eigenvalue weighted by atomic mass is 35.5. The van der Waals surface area contributed by atoms with Gasteiger partial charge in [-0.15, -0.1) is 0 Å². The lowest BCUT2D eigenvalue weighted by atomic mass is 10.1. The first kappa shape index (κ1) is 14.1. The summed E-state index contributed by atoms with van der Waals surface area (Å²) >= 11 is 6.01. The molecule has 0 aromatic heterocycles. The summed E-state index contributed by atoms with van der Waals surface area (Å²) in [6.45, 7) is 1.86. The minimum Gasteiger partial charge on any atom is -0.326 e. The van der Waals surface area contributed by atoms with Crippen molar-refractivity contribution in [1.82, 2.24) is 0 Å². The van der Waals surface area contributed by atoms with E-state index in [9.17, 15) is 4.79 Å². The van der Waals surface area contributed by atoms with Gasteiger partial charge < -0.3 is 5.32 Å². The first-order valence-electron chi connectivity index (χ1n) is 6.14. The number of nitrogens with zero attached hydrogens (tertiary/aromatic N) is 1. The maximum absolute atomic E-state index is 12.0. The molecular formula is C16H13ClN2O. The Hall–Kier alpha value is -2.31. The Labute approximate surface area is 122 Å². The predicted molar refractivity (Wildman–Crippen MR) is 79.7 cm³/mol. The van der Waals surface area contributed by atoms with Gasteiger partial charge in [0.2, 0.25) is 5.91 Å². The minimum absolute atomic E-state index is 0.134. The van der Waals surface area contributed by atoms with Crippen molar-refractivity contribution in [3.8, 4) is 6.07 Å². The molecule has 0 spiro atoms. The fraction of sp³-hybridized carbons (Fsp3) is 0.125. The molecule has 0 heterocycles. The summed E-state index contributed by atoms with van der Waals surface area (Å²) in [5, 5.41) is 12.3. The van der Waals surface area contributed by atoms with E-state index >= 15 is 0 Å². The maximum atomic E-state index is 12.0. The lowest BCUT2D eigenvalue weighted by Crippen LogP contribution is -2.15. The van der Waals surface area contributed by atoms with Crippen LogP contribution < -0.4 is 5.32 Å². The van der Waals surface area contributed by atoms with Crippen LogP contribution in [0.3, 0.4) is 0 Å². The van der Waals surface area contributed by atoms with Crippen molar-refractivity contribution >= 4 is 23.2 Å². The average Bonchev–Trinajstić information content (AvgIpc) is 2.44. The van der Waals surface area contributed by atoms with Crippen molar-refractivity contribution in [1.29, 1.82) is 5.26 Å². The first-order chi connectivity index (χ1) is 9.60. The molecule has 0 saturated heterocycles. The third-order valence-corrected chi connectivity index (χ3v) is 3.37. The van der Waals surface area contributed by atoms with Gasteiger partial charge in [0.05, 0.1) is 18.1 Å². The lowest BCUT2D eigenvalue weighted by Gasteiger charge is -2.09. The van der Waals surface area contributed by atoms with E-state index in [1.807, 2.05) is 19.1 Å². The van der Waals surface area contributed by atoms with Crippen LogP contribution in [0.2, 0.25) is 5.02 Å². The number of amides is 1. The van der Waals surface area contributed by atoms with Crippen LogP contribution in [0.4, 0.5) is 5.69 Å². The van der Waals surface area contributed by atoms with Gasteiger partial charge >= 0.3 is 0 Å². The number of benzene rings is 2. The second kappa shape index (κ2) is 6.23. The van der Waals surface area contributed by atoms with E-state index < -0.39 is 0 Å². The summed E-state index contributed by atoms with van der Waals surface area (Å²) < 4.78 is 0. The zero-order chi connectivity index (χ0) is 14.5. The zero-order valence-corrected chi connectivity index (χ0v) is 11.7. The molecule has 2 aromatic rings. The number of nitriles is 1. The monoisotopic (exact) mass is 284 g/mol. The molecule has 3 nitrogen and oxygen atoms in total. The topological polar surface area (TPSA) is 52.9 Å². The molecule has 0 aliphatic rings. The van der Waals surface area contributed by atoms with Crippen molar-refractivity contribution in [3.05, 3.63) is 64.2 Å². The Morgan fingerprint density at radius 1 is 1.30 bits per heavy atom. The summed E-state index contributed by atoms with van der Waals surface area (Å²) in [5.41, 5.74) is 2.91. The molecule has 0 aliphatic heterocycles. The zero-order valence-electron chi connectivity index (χ0n) is 11.0. The van der Waals surface area contributed by atoms with Crippen LogP contribution in [0.25, 0.3) is 0 Å². The van der Waals surface area contributed by atoms with Crippen LogP contribution >= 0.6 is 11.6 Å². The van der Waals surface area contributed by atoms with Crippen LogP contribution in [0.15, 0.2) is 42.5 Å². The number of carbonyl (C=O) groups is 1. The Morgan fingerprint density at radius 2 is 2.05 bits per heavy atom. The van der Waals surface area contributed by atoms with E-state index in [1.54, 1.807) is 30.3 Å². The molecule has 1 N–H and O–H groups in total. The van der Waals surface area contributed by atoms with Gasteiger partial charge in [-0.05, 0) is 42.3 Å². The van der Waals surface area contributed by atoms with Crippen molar-refractivity contribution in [3.63, 3.8) is 0 Å². The van der Waals surface area contributed by atoms with Crippen LogP contribution in [-0.2, 0) is 11.2 Å². The number of hydrogen-bond acceptors (Lipinski definition) is 2. The fourth-order valence-electron chi connectivity index (χ4n) is 1.87. The summed E-state index contributed by atoms with van der Waals surface area (Å²) in [5.74, 6) is -0.134. The number of nitrogens with one attached hydrogen (secondary N) is 1. The molecule has 0 bridgehead atoms. The Balaban J connectivity index is 2.09. The predicted octanol–water partition coefficient (Wildman–Crippen LogP) is 3.70. The maximum Gasteiger partial charge on any atom is 0.228 e. The molecule has 1 amide bonds. The van der Waals surface area contributed by atoms with E-state index in [2.05, 4.69) is 11.4 Å². The second-order valence-electron chi connectivity index (χ2n) is 4.45. The molecule has 0 saturated carbocycles. The van der Waals surface area contributed by atoms with Crippen LogP contribution in [0.5, 0.6) is 0 Å². The number of hydrogen-bond donors (Lipinski definition) is 1. The Bertz CT molecular complexity index is 689. The van der Waals surface area contributed by atoms with E-state index in [0.29, 0.717) is 16.3 Å². The van der Waals surface area contributed by atoms with Crippen molar-refractivity contribution in [2.45, 2.75) is 13.3 Å². The lowest BCUT2D eigenvalue weighted by molar-refractivity contribution is -0.115. The molecule has 20 heavy (non-hydrogen) atoms. The Morgan fingerprint density at radius 3 is 2.80 bits per heavy atom. The van der Waals surface area contributed by atoms with E-state index in [0.717, 1.165) is 11.1 Å². The molecule has 0 aliphatic carbocycles. The number of anilines is 1. The Kier molecular flexibility index (Phi) is 4.39. The summed E-state index contributed by atoms with van der Waals surface area (Å²) in [4.78, 5) is 12.0. The SMILES string of the molecule is Cc1c(Cl)cccc1NC(=O)Cc1cccc(C#N)c1. The van der Waals surface area contributed by atoms with Gasteiger partial charge in [0, 0.05) is 10.7 Å². The van der Waals surface area contributed by atoms with Crippen molar-refractivity contribution in [2.75, 3.05) is 5.32 Å². The first-order valence-corrected chi connectivity index (χ1v) is 6.52. The van der Waals surface area contributed by atoms with Gasteiger partial charge in [-0.1, -0.05) is 29.8 Å². The van der Waals surface area contributed by atoms with Gasteiger partial charge in [-0.3, -0.25) is 4.79 Å². The molecular weight excluding hydrogens is 272 g/mol. The highest BCUT2D eigenvalue weighted by molar-refractivity contribution is 6.31. The molecule has 0 unspecified atom stereocenters. The van der Waals surface area contributed by atoms with Crippen molar-refractivity contribution in [2.24, 2.45) is 0 Å². The highest BCUT2D eigenvalue weighted by Gasteiger charge is 2.08. The van der Waals surface area contributed by atoms with Gasteiger partial charge in [0.1, 0.15) is 0 Å². The number of rotatable bonds is 3. The third kappa shape index (κ3) is 3.37. The molecule has 4 heteroatoms. The van der Waals surface area contributed by atoms with Crippen LogP contribution in [0.1, 0.15) is 16.7 Å². The summed E-state index contributed by atoms with van der Waals surface area (Å²) in [6.07, 6.45) is 0.224. The molecule has 2 rings (SSSR count). The average molecular weight is 285 g/mol. The molecule has 0 radical (unpaired) electrons. The normalized spacial score (nSPS) is 9.85. The van der Waals surface area contributed by atoms with Gasteiger partial charge in [0.25, 0.3) is 0 Å². The number of halogens is 1. The fourth-order valence-corrected chi connectivity index (χ4v) is 2.05. The van der Waals surface area contributed by atoms with Gasteiger partial charge in [-0.2, -0.15) is 5.26 Å². The largest absolute Gasteiger partial charge is 0.326 e. The summed E-state index contributed by atoms with van der Waals surface area (Å²) in [7, 11) is 0. The molecule has 0 atom stereocenters. The van der Waals surface area contributed by atoms with Gasteiger partial charge in [-0.25, -0.2) is 0 Å². The molecule has 0 fully saturated rings. The standard InChI is InChI=1S/C16H13ClN2O/c1-11-14(17)6-3-7-15(11)19-16(20)9-12-4-2-5-13(8-12)10-18/h2-8H,9H2,1H3,(H,19,20). The van der Waals surface area contributed by atoms with Gasteiger partial charge in [0.15, 0.2) is 0 Å². The minimum atomic E-state index is -0.134.